The molecular formula is C11H14ClNO3S. The molecule has 0 unspecified atom stereocenters. The average molecular weight is 276 g/mol. The molecule has 0 saturated carbocycles. The van der Waals surface area contributed by atoms with Crippen molar-refractivity contribution >= 4 is 21.4 Å². The molecule has 1 N–H and O–H groups in total. The van der Waals surface area contributed by atoms with Crippen molar-refractivity contribution in [3.05, 3.63) is 29.3 Å². The van der Waals surface area contributed by atoms with Gasteiger partial charge >= 0.3 is 0 Å². The minimum atomic E-state index is -3.25. The van der Waals surface area contributed by atoms with Gasteiger partial charge in [-0.15, -0.1) is 0 Å². The van der Waals surface area contributed by atoms with Crippen molar-refractivity contribution in [2.45, 2.75) is 11.0 Å². The number of β-amino-alcohol motifs (C(OH)–C–C–N with tert-alkyl or cyclic N) is 1. The maximum Gasteiger partial charge on any atom is 0.179 e. The lowest BCUT2D eigenvalue weighted by atomic mass is 10.2. The van der Waals surface area contributed by atoms with E-state index in [-0.39, 0.29) is 11.9 Å². The van der Waals surface area contributed by atoms with E-state index < -0.39 is 9.84 Å². The van der Waals surface area contributed by atoms with Crippen molar-refractivity contribution in [1.29, 1.82) is 0 Å². The molecule has 1 aromatic carbocycles. The molecule has 0 atom stereocenters. The number of sulfone groups is 1. The third-order valence-electron chi connectivity index (χ3n) is 2.79. The van der Waals surface area contributed by atoms with Crippen LogP contribution in [0.25, 0.3) is 0 Å². The fourth-order valence-corrected chi connectivity index (χ4v) is 3.15. The highest BCUT2D eigenvalue weighted by Gasteiger charge is 2.25. The molecule has 1 heterocycles. The van der Waals surface area contributed by atoms with E-state index in [1.165, 1.54) is 12.1 Å². The van der Waals surface area contributed by atoms with Gasteiger partial charge in [0.05, 0.1) is 16.8 Å². The SMILES string of the molecule is O=S(=O)(CCN1CC(O)C1)c1ccc(Cl)cc1. The molecule has 94 valence electrons. The Kier molecular flexibility index (Phi) is 3.73. The lowest BCUT2D eigenvalue weighted by molar-refractivity contribution is 0.00623. The van der Waals surface area contributed by atoms with E-state index >= 15 is 0 Å². The van der Waals surface area contributed by atoms with Crippen LogP contribution in [-0.4, -0.2) is 49.9 Å². The van der Waals surface area contributed by atoms with E-state index in [1.807, 2.05) is 4.90 Å². The van der Waals surface area contributed by atoms with Crippen LogP contribution in [-0.2, 0) is 9.84 Å². The minimum Gasteiger partial charge on any atom is -0.390 e. The van der Waals surface area contributed by atoms with Crippen LogP contribution in [0.5, 0.6) is 0 Å². The summed E-state index contributed by atoms with van der Waals surface area (Å²) in [5.41, 5.74) is 0. The van der Waals surface area contributed by atoms with Gasteiger partial charge in [-0.1, -0.05) is 11.6 Å². The van der Waals surface area contributed by atoms with Gasteiger partial charge in [-0.3, -0.25) is 4.90 Å². The summed E-state index contributed by atoms with van der Waals surface area (Å²) >= 11 is 5.71. The zero-order chi connectivity index (χ0) is 12.5. The molecule has 17 heavy (non-hydrogen) atoms. The van der Waals surface area contributed by atoms with E-state index in [9.17, 15) is 8.42 Å². The first-order chi connectivity index (χ1) is 7.97. The molecule has 2 rings (SSSR count). The standard InChI is InChI=1S/C11H14ClNO3S/c12-9-1-3-11(4-2-9)17(15,16)6-5-13-7-10(14)8-13/h1-4,10,14H,5-8H2. The van der Waals surface area contributed by atoms with Crippen molar-refractivity contribution < 1.29 is 13.5 Å². The van der Waals surface area contributed by atoms with Gasteiger partial charge in [0, 0.05) is 24.7 Å². The molecule has 6 heteroatoms. The quantitative estimate of drug-likeness (QED) is 0.883. The summed E-state index contributed by atoms with van der Waals surface area (Å²) in [7, 11) is -3.25. The van der Waals surface area contributed by atoms with Crippen LogP contribution in [0.3, 0.4) is 0 Å². The van der Waals surface area contributed by atoms with E-state index in [0.29, 0.717) is 29.6 Å². The van der Waals surface area contributed by atoms with Gasteiger partial charge in [0.2, 0.25) is 0 Å². The molecule has 1 aliphatic heterocycles. The predicted molar refractivity (Wildman–Crippen MR) is 66.0 cm³/mol. The van der Waals surface area contributed by atoms with Crippen molar-refractivity contribution in [3.8, 4) is 0 Å². The number of halogens is 1. The largest absolute Gasteiger partial charge is 0.390 e. The Bertz CT molecular complexity index is 480. The van der Waals surface area contributed by atoms with Gasteiger partial charge in [-0.25, -0.2) is 8.42 Å². The Labute approximate surface area is 106 Å². The van der Waals surface area contributed by atoms with E-state index in [2.05, 4.69) is 0 Å². The van der Waals surface area contributed by atoms with Crippen molar-refractivity contribution in [2.75, 3.05) is 25.4 Å². The fourth-order valence-electron chi connectivity index (χ4n) is 1.73. The second-order valence-corrected chi connectivity index (χ2v) is 6.73. The molecule has 1 saturated heterocycles. The Hall–Kier alpha value is -0.620. The molecule has 0 amide bonds. The van der Waals surface area contributed by atoms with Crippen molar-refractivity contribution in [3.63, 3.8) is 0 Å². The Morgan fingerprint density at radius 2 is 1.88 bits per heavy atom. The summed E-state index contributed by atoms with van der Waals surface area (Å²) in [6.45, 7) is 1.59. The Morgan fingerprint density at radius 3 is 2.41 bits per heavy atom. The minimum absolute atomic E-state index is 0.0708. The molecular weight excluding hydrogens is 262 g/mol. The monoisotopic (exact) mass is 275 g/mol. The Morgan fingerprint density at radius 1 is 1.29 bits per heavy atom. The maximum atomic E-state index is 11.9. The molecule has 1 aromatic rings. The van der Waals surface area contributed by atoms with Crippen LogP contribution < -0.4 is 0 Å². The molecule has 0 bridgehead atoms. The number of nitrogens with zero attached hydrogens (tertiary/aromatic N) is 1. The molecule has 0 spiro atoms. The first-order valence-corrected chi connectivity index (χ1v) is 7.39. The normalized spacial score (nSPS) is 18.0. The first-order valence-electron chi connectivity index (χ1n) is 5.36. The number of benzene rings is 1. The van der Waals surface area contributed by atoms with Gasteiger partial charge in [0.15, 0.2) is 9.84 Å². The van der Waals surface area contributed by atoms with Gasteiger partial charge in [-0.05, 0) is 24.3 Å². The second kappa shape index (κ2) is 4.94. The number of hydrogen-bond acceptors (Lipinski definition) is 4. The number of aliphatic hydroxyl groups is 1. The predicted octanol–water partition coefficient (Wildman–Crippen LogP) is 0.790. The topological polar surface area (TPSA) is 57.6 Å². The summed E-state index contributed by atoms with van der Waals surface area (Å²) in [4.78, 5) is 2.21. The average Bonchev–Trinajstić information content (AvgIpc) is 2.23. The second-order valence-electron chi connectivity index (χ2n) is 4.19. The van der Waals surface area contributed by atoms with E-state index in [4.69, 9.17) is 16.7 Å². The molecule has 0 aliphatic carbocycles. The van der Waals surface area contributed by atoms with Gasteiger partial charge in [-0.2, -0.15) is 0 Å². The van der Waals surface area contributed by atoms with Crippen LogP contribution in [0.2, 0.25) is 5.02 Å². The zero-order valence-corrected chi connectivity index (χ0v) is 10.8. The maximum absolute atomic E-state index is 11.9. The van der Waals surface area contributed by atoms with Crippen molar-refractivity contribution in [2.24, 2.45) is 0 Å². The third kappa shape index (κ3) is 3.19. The van der Waals surface area contributed by atoms with Gasteiger partial charge in [0.25, 0.3) is 0 Å². The number of likely N-dealkylation sites (tertiary alicyclic amines) is 1. The van der Waals surface area contributed by atoms with Crippen LogP contribution in [0.4, 0.5) is 0 Å². The zero-order valence-electron chi connectivity index (χ0n) is 9.21. The highest BCUT2D eigenvalue weighted by Crippen LogP contribution is 2.16. The van der Waals surface area contributed by atoms with Crippen LogP contribution in [0.1, 0.15) is 0 Å². The summed E-state index contributed by atoms with van der Waals surface area (Å²) in [5.74, 6) is 0.0708. The summed E-state index contributed by atoms with van der Waals surface area (Å²) in [6.07, 6.45) is -0.298. The molecule has 1 fully saturated rings. The lowest BCUT2D eigenvalue weighted by Gasteiger charge is -2.35. The molecule has 1 aliphatic rings. The third-order valence-corrected chi connectivity index (χ3v) is 4.75. The van der Waals surface area contributed by atoms with Crippen LogP contribution >= 0.6 is 11.6 Å². The highest BCUT2D eigenvalue weighted by atomic mass is 35.5. The lowest BCUT2D eigenvalue weighted by Crippen LogP contribution is -2.51. The van der Waals surface area contributed by atoms with E-state index in [0.717, 1.165) is 0 Å². The van der Waals surface area contributed by atoms with Gasteiger partial charge < -0.3 is 5.11 Å². The fraction of sp³-hybridized carbons (Fsp3) is 0.455. The number of hydrogen-bond donors (Lipinski definition) is 1. The van der Waals surface area contributed by atoms with Crippen LogP contribution in [0.15, 0.2) is 29.2 Å². The van der Waals surface area contributed by atoms with E-state index in [1.54, 1.807) is 12.1 Å². The first kappa shape index (κ1) is 12.8. The summed E-state index contributed by atoms with van der Waals surface area (Å²) in [5, 5.41) is 9.61. The number of rotatable bonds is 4. The molecule has 4 nitrogen and oxygen atoms in total. The molecule has 0 aromatic heterocycles. The highest BCUT2D eigenvalue weighted by molar-refractivity contribution is 7.91. The smallest absolute Gasteiger partial charge is 0.179 e. The van der Waals surface area contributed by atoms with Gasteiger partial charge in [0.1, 0.15) is 0 Å². The Balaban J connectivity index is 1.96. The van der Waals surface area contributed by atoms with Crippen LogP contribution in [0, 0.1) is 0 Å². The summed E-state index contributed by atoms with van der Waals surface area (Å²) < 4.78 is 23.9. The summed E-state index contributed by atoms with van der Waals surface area (Å²) in [6, 6.07) is 6.18. The number of aliphatic hydroxyl groups excluding tert-OH is 1. The molecule has 0 radical (unpaired) electrons. The van der Waals surface area contributed by atoms with Crippen molar-refractivity contribution in [1.82, 2.24) is 4.90 Å².